The first-order chi connectivity index (χ1) is 17.2. The molecule has 1 amide bonds. The van der Waals surface area contributed by atoms with Crippen LogP contribution in [0.1, 0.15) is 50.6 Å². The van der Waals surface area contributed by atoms with E-state index in [4.69, 9.17) is 17.3 Å². The van der Waals surface area contributed by atoms with Crippen molar-refractivity contribution < 1.29 is 19.8 Å². The smallest absolute Gasteiger partial charge is 0.352 e. The molecule has 2 unspecified atom stereocenters. The zero-order chi connectivity index (χ0) is 25.8. The molecule has 0 saturated heterocycles. The fourth-order valence-corrected chi connectivity index (χ4v) is 4.57. The molecule has 8 heteroatoms. The molecule has 4 aromatic rings. The second kappa shape index (κ2) is 11.0. The average molecular weight is 506 g/mol. The van der Waals surface area contributed by atoms with Gasteiger partial charge in [-0.05, 0) is 72.5 Å². The van der Waals surface area contributed by atoms with Crippen molar-refractivity contribution in [2.75, 3.05) is 6.54 Å². The fraction of sp³-hybridized carbons (Fsp3) is 0.214. The largest absolute Gasteiger partial charge is 0.477 e. The number of halogens is 1. The van der Waals surface area contributed by atoms with E-state index in [2.05, 4.69) is 5.32 Å². The number of benzene rings is 3. The quantitative estimate of drug-likeness (QED) is 0.255. The highest BCUT2D eigenvalue weighted by atomic mass is 35.5. The third-order valence-electron chi connectivity index (χ3n) is 6.17. The average Bonchev–Trinajstić information content (AvgIpc) is 3.20. The molecule has 2 atom stereocenters. The van der Waals surface area contributed by atoms with Crippen LogP contribution < -0.4 is 11.1 Å². The number of hydrogen-bond donors (Lipinski definition) is 4. The molecule has 3 aromatic carbocycles. The van der Waals surface area contributed by atoms with Crippen LogP contribution in [0.2, 0.25) is 5.02 Å². The maximum Gasteiger partial charge on any atom is 0.352 e. The monoisotopic (exact) mass is 505 g/mol. The Hall–Kier alpha value is -3.65. The minimum Gasteiger partial charge on any atom is -0.477 e. The molecule has 4 rings (SSSR count). The van der Waals surface area contributed by atoms with Crippen LogP contribution in [-0.4, -0.2) is 39.2 Å². The van der Waals surface area contributed by atoms with E-state index in [1.165, 1.54) is 0 Å². The van der Waals surface area contributed by atoms with Gasteiger partial charge in [0.05, 0.1) is 6.10 Å². The summed E-state index contributed by atoms with van der Waals surface area (Å²) in [4.78, 5) is 23.5. The fourth-order valence-electron chi connectivity index (χ4n) is 4.37. The number of aliphatic hydroxyl groups is 1. The first kappa shape index (κ1) is 25.4. The normalized spacial score (nSPS) is 13.0. The highest BCUT2D eigenvalue weighted by molar-refractivity contribution is 6.30. The Balaban J connectivity index is 1.49. The van der Waals surface area contributed by atoms with E-state index in [1.54, 1.807) is 41.0 Å². The van der Waals surface area contributed by atoms with E-state index < -0.39 is 18.0 Å². The molecule has 0 bridgehead atoms. The minimum atomic E-state index is -1.02. The summed E-state index contributed by atoms with van der Waals surface area (Å²) in [5, 5.41) is 25.0. The summed E-state index contributed by atoms with van der Waals surface area (Å²) in [6.45, 7) is 2.72. The predicted octanol–water partition coefficient (Wildman–Crippen LogP) is 4.39. The lowest BCUT2D eigenvalue weighted by molar-refractivity contribution is 0.0686. The summed E-state index contributed by atoms with van der Waals surface area (Å²) in [5.74, 6) is -1.55. The van der Waals surface area contributed by atoms with Crippen molar-refractivity contribution in [3.05, 3.63) is 106 Å². The summed E-state index contributed by atoms with van der Waals surface area (Å²) in [6, 6.07) is 21.7. The number of aliphatic hydroxyl groups excluding tert-OH is 1. The molecule has 0 aliphatic heterocycles. The van der Waals surface area contributed by atoms with Crippen LogP contribution in [0.25, 0.3) is 10.9 Å². The molecule has 0 saturated carbocycles. The summed E-state index contributed by atoms with van der Waals surface area (Å²) < 4.78 is 1.73. The Morgan fingerprint density at radius 1 is 1.03 bits per heavy atom. The predicted molar refractivity (Wildman–Crippen MR) is 141 cm³/mol. The van der Waals surface area contributed by atoms with E-state index in [9.17, 15) is 19.8 Å². The number of carboxylic acid groups (broad SMARTS) is 1. The first-order valence-corrected chi connectivity index (χ1v) is 12.0. The highest BCUT2D eigenvalue weighted by Gasteiger charge is 2.17. The number of carbonyl (C=O) groups excluding carboxylic acids is 1. The van der Waals surface area contributed by atoms with Gasteiger partial charge in [0, 0.05) is 40.6 Å². The molecule has 0 radical (unpaired) electrons. The molecule has 36 heavy (non-hydrogen) atoms. The van der Waals surface area contributed by atoms with Crippen LogP contribution in [0, 0.1) is 0 Å². The summed E-state index contributed by atoms with van der Waals surface area (Å²) >= 11 is 6.02. The van der Waals surface area contributed by atoms with Crippen molar-refractivity contribution in [1.29, 1.82) is 0 Å². The number of nitrogens with one attached hydrogen (secondary N) is 1. The molecule has 0 aliphatic rings. The van der Waals surface area contributed by atoms with Gasteiger partial charge in [0.25, 0.3) is 0 Å². The Bertz CT molecular complexity index is 1420. The molecule has 0 aliphatic carbocycles. The van der Waals surface area contributed by atoms with Crippen molar-refractivity contribution >= 4 is 34.4 Å². The standard InChI is InChI=1S/C28H28ClN3O4/c1-17(31-15-26(33)20-5-3-7-23(29)13-20)10-18-8-9-24-22(11-18)14-25(28(35)36)32(24)16-19-4-2-6-21(12-19)27(30)34/h2-9,11-14,17,26,31,33H,10,15-16H2,1H3,(H2,30,34)(H,35,36). The van der Waals surface area contributed by atoms with E-state index in [0.29, 0.717) is 30.1 Å². The topological polar surface area (TPSA) is 118 Å². The van der Waals surface area contributed by atoms with Crippen LogP contribution in [0.15, 0.2) is 72.8 Å². The van der Waals surface area contributed by atoms with Crippen molar-refractivity contribution in [2.24, 2.45) is 5.73 Å². The Morgan fingerprint density at radius 2 is 1.81 bits per heavy atom. The van der Waals surface area contributed by atoms with E-state index in [0.717, 1.165) is 27.6 Å². The zero-order valence-corrected chi connectivity index (χ0v) is 20.6. The van der Waals surface area contributed by atoms with Crippen LogP contribution in [-0.2, 0) is 13.0 Å². The van der Waals surface area contributed by atoms with Crippen molar-refractivity contribution in [1.82, 2.24) is 9.88 Å². The number of nitrogens with two attached hydrogens (primary N) is 1. The molecule has 0 fully saturated rings. The number of rotatable bonds is 10. The van der Waals surface area contributed by atoms with Gasteiger partial charge >= 0.3 is 5.97 Å². The van der Waals surface area contributed by atoms with Crippen LogP contribution in [0.4, 0.5) is 0 Å². The number of nitrogens with zero attached hydrogens (tertiary/aromatic N) is 1. The number of amides is 1. The maximum absolute atomic E-state index is 12.0. The number of aromatic carboxylic acids is 1. The molecular weight excluding hydrogens is 478 g/mol. The van der Waals surface area contributed by atoms with Gasteiger partial charge in [-0.25, -0.2) is 4.79 Å². The number of fused-ring (bicyclic) bond motifs is 1. The van der Waals surface area contributed by atoms with Crippen LogP contribution >= 0.6 is 11.6 Å². The van der Waals surface area contributed by atoms with Gasteiger partial charge in [-0.2, -0.15) is 0 Å². The van der Waals surface area contributed by atoms with Gasteiger partial charge in [-0.15, -0.1) is 0 Å². The molecule has 7 nitrogen and oxygen atoms in total. The lowest BCUT2D eigenvalue weighted by Gasteiger charge is -2.18. The van der Waals surface area contributed by atoms with Gasteiger partial charge < -0.3 is 25.8 Å². The van der Waals surface area contributed by atoms with Gasteiger partial charge in [0.2, 0.25) is 5.91 Å². The number of carboxylic acids is 1. The van der Waals surface area contributed by atoms with Crippen molar-refractivity contribution in [3.63, 3.8) is 0 Å². The van der Waals surface area contributed by atoms with E-state index in [1.807, 2.05) is 43.3 Å². The molecule has 1 heterocycles. The van der Waals surface area contributed by atoms with Crippen molar-refractivity contribution in [3.8, 4) is 0 Å². The maximum atomic E-state index is 12.0. The SMILES string of the molecule is CC(Cc1ccc2c(c1)cc(C(=O)O)n2Cc1cccc(C(N)=O)c1)NCC(O)c1cccc(Cl)c1. The molecule has 186 valence electrons. The Labute approximate surface area is 214 Å². The number of aromatic nitrogens is 1. The first-order valence-electron chi connectivity index (χ1n) is 11.6. The van der Waals surface area contributed by atoms with Gasteiger partial charge in [-0.3, -0.25) is 4.79 Å². The minimum absolute atomic E-state index is 0.0776. The number of primary amides is 1. The van der Waals surface area contributed by atoms with Crippen LogP contribution in [0.5, 0.6) is 0 Å². The molecule has 1 aromatic heterocycles. The lowest BCUT2D eigenvalue weighted by Crippen LogP contribution is -2.32. The van der Waals surface area contributed by atoms with Gasteiger partial charge in [0.15, 0.2) is 0 Å². The molecule has 5 N–H and O–H groups in total. The van der Waals surface area contributed by atoms with Gasteiger partial charge in [0.1, 0.15) is 5.69 Å². The third-order valence-corrected chi connectivity index (χ3v) is 6.41. The second-order valence-electron chi connectivity index (χ2n) is 8.96. The number of hydrogen-bond acceptors (Lipinski definition) is 4. The number of carbonyl (C=O) groups is 2. The summed E-state index contributed by atoms with van der Waals surface area (Å²) in [5.41, 5.74) is 9.32. The van der Waals surface area contributed by atoms with E-state index in [-0.39, 0.29) is 11.7 Å². The highest BCUT2D eigenvalue weighted by Crippen LogP contribution is 2.24. The van der Waals surface area contributed by atoms with Crippen molar-refractivity contribution in [2.45, 2.75) is 32.0 Å². The third kappa shape index (κ3) is 5.94. The van der Waals surface area contributed by atoms with E-state index >= 15 is 0 Å². The zero-order valence-electron chi connectivity index (χ0n) is 19.8. The molecule has 0 spiro atoms. The summed E-state index contributed by atoms with van der Waals surface area (Å²) in [6.07, 6.45) is 0.0285. The van der Waals surface area contributed by atoms with Crippen LogP contribution in [0.3, 0.4) is 0 Å². The Morgan fingerprint density at radius 3 is 2.53 bits per heavy atom. The lowest BCUT2D eigenvalue weighted by atomic mass is 10.0. The second-order valence-corrected chi connectivity index (χ2v) is 9.40. The molecular formula is C28H28ClN3O4. The Kier molecular flexibility index (Phi) is 7.74. The van der Waals surface area contributed by atoms with Gasteiger partial charge in [-0.1, -0.05) is 41.9 Å². The summed E-state index contributed by atoms with van der Waals surface area (Å²) in [7, 11) is 0.